The molecule has 1 heterocycles. The molecule has 1 N–H and O–H groups in total. The summed E-state index contributed by atoms with van der Waals surface area (Å²) in [4.78, 5) is 10.2. The molecule has 0 spiro atoms. The van der Waals surface area contributed by atoms with E-state index < -0.39 is 5.97 Å². The van der Waals surface area contributed by atoms with E-state index in [-0.39, 0.29) is 12.5 Å². The number of carboxylic acids is 1. The van der Waals surface area contributed by atoms with E-state index in [2.05, 4.69) is 6.92 Å². The van der Waals surface area contributed by atoms with Crippen LogP contribution >= 0.6 is 0 Å². The lowest BCUT2D eigenvalue weighted by molar-refractivity contribution is -0.137. The van der Waals surface area contributed by atoms with Crippen LogP contribution in [0.4, 0.5) is 0 Å². The zero-order valence-corrected chi connectivity index (χ0v) is 8.16. The van der Waals surface area contributed by atoms with Crippen molar-refractivity contribution < 1.29 is 14.6 Å². The Morgan fingerprint density at radius 2 is 2.00 bits per heavy atom. The molecule has 1 rings (SSSR count). The van der Waals surface area contributed by atoms with Gasteiger partial charge in [-0.2, -0.15) is 0 Å². The first-order chi connectivity index (χ1) is 6.24. The van der Waals surface area contributed by atoms with Crippen LogP contribution in [-0.2, 0) is 9.53 Å². The zero-order chi connectivity index (χ0) is 9.68. The fraction of sp³-hybridized carbons (Fsp3) is 0.900. The zero-order valence-electron chi connectivity index (χ0n) is 8.16. The number of carboxylic acid groups (broad SMARTS) is 1. The molecule has 2 atom stereocenters. The molecule has 1 saturated heterocycles. The third-order valence-corrected chi connectivity index (χ3v) is 2.42. The fourth-order valence-electron chi connectivity index (χ4n) is 1.55. The van der Waals surface area contributed by atoms with Gasteiger partial charge in [0.1, 0.15) is 0 Å². The van der Waals surface area contributed by atoms with Gasteiger partial charge in [0.05, 0.1) is 12.2 Å². The minimum Gasteiger partial charge on any atom is -0.481 e. The summed E-state index contributed by atoms with van der Waals surface area (Å²) in [6.45, 7) is 2.18. The highest BCUT2D eigenvalue weighted by Gasteiger charge is 2.37. The van der Waals surface area contributed by atoms with E-state index in [9.17, 15) is 4.79 Å². The number of hydrogen-bond donors (Lipinski definition) is 1. The van der Waals surface area contributed by atoms with Gasteiger partial charge >= 0.3 is 5.97 Å². The highest BCUT2D eigenvalue weighted by atomic mass is 16.6. The van der Waals surface area contributed by atoms with Crippen molar-refractivity contribution in [1.82, 2.24) is 0 Å². The van der Waals surface area contributed by atoms with E-state index in [1.54, 1.807) is 0 Å². The second-order valence-electron chi connectivity index (χ2n) is 3.64. The molecule has 3 heteroatoms. The molecule has 0 radical (unpaired) electrons. The molecule has 1 aliphatic rings. The van der Waals surface area contributed by atoms with Crippen molar-refractivity contribution in [2.45, 2.75) is 57.7 Å². The van der Waals surface area contributed by atoms with Gasteiger partial charge in [0, 0.05) is 6.42 Å². The fourth-order valence-corrected chi connectivity index (χ4v) is 1.55. The molecular weight excluding hydrogens is 168 g/mol. The molecule has 0 saturated carbocycles. The van der Waals surface area contributed by atoms with E-state index in [4.69, 9.17) is 9.84 Å². The Morgan fingerprint density at radius 3 is 2.62 bits per heavy atom. The number of carbonyl (C=O) groups is 1. The Morgan fingerprint density at radius 1 is 1.31 bits per heavy atom. The summed E-state index contributed by atoms with van der Waals surface area (Å²) in [5.74, 6) is -0.720. The smallest absolute Gasteiger partial charge is 0.303 e. The van der Waals surface area contributed by atoms with Crippen molar-refractivity contribution in [2.75, 3.05) is 0 Å². The minimum absolute atomic E-state index is 0.243. The molecule has 0 aliphatic carbocycles. The van der Waals surface area contributed by atoms with Gasteiger partial charge < -0.3 is 9.84 Å². The number of hydrogen-bond acceptors (Lipinski definition) is 2. The molecule has 1 aliphatic heterocycles. The summed E-state index contributed by atoms with van der Waals surface area (Å²) >= 11 is 0. The summed E-state index contributed by atoms with van der Waals surface area (Å²) in [5, 5.41) is 8.43. The largest absolute Gasteiger partial charge is 0.481 e. The molecule has 2 unspecified atom stereocenters. The Balaban J connectivity index is 1.93. The van der Waals surface area contributed by atoms with Gasteiger partial charge in [-0.1, -0.05) is 26.2 Å². The molecule has 0 bridgehead atoms. The third kappa shape index (κ3) is 4.27. The number of rotatable bonds is 7. The number of epoxide rings is 1. The van der Waals surface area contributed by atoms with Crippen LogP contribution in [0.5, 0.6) is 0 Å². The maximum absolute atomic E-state index is 10.2. The van der Waals surface area contributed by atoms with Crippen LogP contribution in [0.2, 0.25) is 0 Å². The van der Waals surface area contributed by atoms with Gasteiger partial charge in [-0.05, 0) is 12.8 Å². The molecule has 0 aromatic heterocycles. The average Bonchev–Trinajstić information content (AvgIpc) is 2.81. The Kier molecular flexibility index (Phi) is 4.22. The van der Waals surface area contributed by atoms with Gasteiger partial charge in [-0.3, -0.25) is 4.79 Å². The Labute approximate surface area is 79.1 Å². The molecule has 0 aromatic rings. The van der Waals surface area contributed by atoms with Crippen LogP contribution in [0.1, 0.15) is 45.4 Å². The van der Waals surface area contributed by atoms with Crippen molar-refractivity contribution in [3.05, 3.63) is 0 Å². The molecule has 3 nitrogen and oxygen atoms in total. The summed E-state index contributed by atoms with van der Waals surface area (Å²) < 4.78 is 5.35. The second-order valence-corrected chi connectivity index (χ2v) is 3.64. The molecule has 13 heavy (non-hydrogen) atoms. The lowest BCUT2D eigenvalue weighted by atomic mass is 10.1. The van der Waals surface area contributed by atoms with Crippen molar-refractivity contribution in [2.24, 2.45) is 0 Å². The van der Waals surface area contributed by atoms with Crippen molar-refractivity contribution >= 4 is 5.97 Å². The van der Waals surface area contributed by atoms with Gasteiger partial charge in [0.15, 0.2) is 0 Å². The Bertz CT molecular complexity index is 168. The van der Waals surface area contributed by atoms with Crippen LogP contribution in [0.15, 0.2) is 0 Å². The first kappa shape index (κ1) is 10.5. The lowest BCUT2D eigenvalue weighted by Gasteiger charge is -1.93. The van der Waals surface area contributed by atoms with Gasteiger partial charge in [-0.15, -0.1) is 0 Å². The molecule has 0 amide bonds. The van der Waals surface area contributed by atoms with E-state index in [0.717, 1.165) is 6.42 Å². The number of unbranched alkanes of at least 4 members (excludes halogenated alkanes) is 2. The lowest BCUT2D eigenvalue weighted by Crippen LogP contribution is -2.00. The van der Waals surface area contributed by atoms with Crippen molar-refractivity contribution in [3.8, 4) is 0 Å². The Hall–Kier alpha value is -0.570. The number of ether oxygens (including phenoxy) is 1. The maximum Gasteiger partial charge on any atom is 0.303 e. The first-order valence-electron chi connectivity index (χ1n) is 5.11. The topological polar surface area (TPSA) is 49.8 Å². The van der Waals surface area contributed by atoms with Crippen LogP contribution in [-0.4, -0.2) is 23.3 Å². The van der Waals surface area contributed by atoms with E-state index >= 15 is 0 Å². The molecule has 1 fully saturated rings. The SMILES string of the molecule is CCCCCC1OC1CCC(=O)O. The van der Waals surface area contributed by atoms with Crippen molar-refractivity contribution in [3.63, 3.8) is 0 Å². The van der Waals surface area contributed by atoms with Crippen LogP contribution < -0.4 is 0 Å². The normalized spacial score (nSPS) is 25.9. The van der Waals surface area contributed by atoms with E-state index in [0.29, 0.717) is 12.5 Å². The molecule has 0 aromatic carbocycles. The van der Waals surface area contributed by atoms with Crippen LogP contribution in [0.3, 0.4) is 0 Å². The molecular formula is C10H18O3. The second kappa shape index (κ2) is 5.22. The third-order valence-electron chi connectivity index (χ3n) is 2.42. The van der Waals surface area contributed by atoms with E-state index in [1.165, 1.54) is 19.3 Å². The van der Waals surface area contributed by atoms with E-state index in [1.807, 2.05) is 0 Å². The quantitative estimate of drug-likeness (QED) is 0.490. The summed E-state index contributed by atoms with van der Waals surface area (Å²) in [6, 6.07) is 0. The van der Waals surface area contributed by atoms with Crippen LogP contribution in [0.25, 0.3) is 0 Å². The van der Waals surface area contributed by atoms with Gasteiger partial charge in [0.25, 0.3) is 0 Å². The summed E-state index contributed by atoms with van der Waals surface area (Å²) in [6.07, 6.45) is 6.35. The maximum atomic E-state index is 10.2. The predicted octanol–water partition coefficient (Wildman–Crippen LogP) is 2.20. The monoisotopic (exact) mass is 186 g/mol. The highest BCUT2D eigenvalue weighted by molar-refractivity contribution is 5.66. The summed E-state index contributed by atoms with van der Waals surface area (Å²) in [7, 11) is 0. The molecule has 76 valence electrons. The van der Waals surface area contributed by atoms with Crippen molar-refractivity contribution in [1.29, 1.82) is 0 Å². The van der Waals surface area contributed by atoms with Crippen LogP contribution in [0, 0.1) is 0 Å². The summed E-state index contributed by atoms with van der Waals surface area (Å²) in [5.41, 5.74) is 0. The first-order valence-corrected chi connectivity index (χ1v) is 5.11. The van der Waals surface area contributed by atoms with Gasteiger partial charge in [-0.25, -0.2) is 0 Å². The predicted molar refractivity (Wildman–Crippen MR) is 49.7 cm³/mol. The highest BCUT2D eigenvalue weighted by Crippen LogP contribution is 2.30. The minimum atomic E-state index is -0.720. The average molecular weight is 186 g/mol. The van der Waals surface area contributed by atoms with Gasteiger partial charge in [0.2, 0.25) is 0 Å². The number of aliphatic carboxylic acids is 1. The standard InChI is InChI=1S/C10H18O3/c1-2-3-4-5-8-9(13-8)6-7-10(11)12/h8-9H,2-7H2,1H3,(H,11,12).